The van der Waals surface area contributed by atoms with Gasteiger partial charge in [0, 0.05) is 6.54 Å². The summed E-state index contributed by atoms with van der Waals surface area (Å²) in [5.74, 6) is 0.653. The lowest BCUT2D eigenvalue weighted by molar-refractivity contribution is 0.178. The molecule has 0 bridgehead atoms. The van der Waals surface area contributed by atoms with Crippen molar-refractivity contribution in [2.75, 3.05) is 18.4 Å². The normalized spacial score (nSPS) is 17.8. The van der Waals surface area contributed by atoms with Crippen LogP contribution >= 0.6 is 0 Å². The Labute approximate surface area is 102 Å². The molecule has 0 aliphatic heterocycles. The monoisotopic (exact) mass is 238 g/mol. The van der Waals surface area contributed by atoms with Gasteiger partial charge in [-0.15, -0.1) is 5.10 Å². The molecule has 2 rings (SSSR count). The molecule has 0 unspecified atom stereocenters. The van der Waals surface area contributed by atoms with E-state index in [4.69, 9.17) is 4.42 Å². The van der Waals surface area contributed by atoms with Crippen LogP contribution in [-0.2, 0) is 6.54 Å². The Balaban J connectivity index is 1.73. The molecule has 5 heteroatoms. The van der Waals surface area contributed by atoms with Gasteiger partial charge in [0.1, 0.15) is 0 Å². The van der Waals surface area contributed by atoms with Crippen molar-refractivity contribution in [2.45, 2.75) is 46.1 Å². The van der Waals surface area contributed by atoms with Crippen LogP contribution in [-0.4, -0.2) is 23.3 Å². The maximum atomic E-state index is 5.50. The molecular formula is C12H22N4O. The minimum Gasteiger partial charge on any atom is -0.407 e. The van der Waals surface area contributed by atoms with Crippen LogP contribution in [0.1, 0.15) is 45.4 Å². The van der Waals surface area contributed by atoms with E-state index in [1.807, 2.05) is 0 Å². The topological polar surface area (TPSA) is 63.0 Å². The van der Waals surface area contributed by atoms with Crippen LogP contribution in [0.2, 0.25) is 0 Å². The first kappa shape index (κ1) is 12.4. The molecule has 0 amide bonds. The first-order chi connectivity index (χ1) is 8.22. The van der Waals surface area contributed by atoms with E-state index in [9.17, 15) is 0 Å². The third-order valence-electron chi connectivity index (χ3n) is 3.40. The molecule has 5 nitrogen and oxygen atoms in total. The van der Waals surface area contributed by atoms with Gasteiger partial charge < -0.3 is 15.1 Å². The maximum absolute atomic E-state index is 5.50. The third-order valence-corrected chi connectivity index (χ3v) is 3.40. The second-order valence-electron chi connectivity index (χ2n) is 5.20. The van der Waals surface area contributed by atoms with Crippen molar-refractivity contribution in [3.8, 4) is 0 Å². The molecule has 1 aliphatic carbocycles. The lowest BCUT2D eigenvalue weighted by Crippen LogP contribution is -2.33. The lowest BCUT2D eigenvalue weighted by Gasteiger charge is -2.38. The summed E-state index contributed by atoms with van der Waals surface area (Å²) in [6.45, 7) is 6.98. The summed E-state index contributed by atoms with van der Waals surface area (Å²) in [6.07, 6.45) is 5.03. The lowest BCUT2D eigenvalue weighted by atomic mass is 9.70. The van der Waals surface area contributed by atoms with Crippen LogP contribution in [0.15, 0.2) is 4.42 Å². The Morgan fingerprint density at radius 1 is 1.35 bits per heavy atom. The van der Waals surface area contributed by atoms with E-state index in [1.54, 1.807) is 0 Å². The number of nitrogens with one attached hydrogen (secondary N) is 2. The van der Waals surface area contributed by atoms with Gasteiger partial charge in [0.15, 0.2) is 0 Å². The Kier molecular flexibility index (Phi) is 3.99. The SMILES string of the molecule is CCCNCc1nnc(NCC2(C)CCC2)o1. The molecule has 0 radical (unpaired) electrons. The summed E-state index contributed by atoms with van der Waals surface area (Å²) in [6, 6.07) is 0.548. The van der Waals surface area contributed by atoms with Crippen molar-refractivity contribution >= 4 is 6.01 Å². The van der Waals surface area contributed by atoms with Gasteiger partial charge in [0.2, 0.25) is 5.89 Å². The molecular weight excluding hydrogens is 216 g/mol. The van der Waals surface area contributed by atoms with Gasteiger partial charge in [0.05, 0.1) is 6.54 Å². The molecule has 1 fully saturated rings. The molecule has 1 aromatic heterocycles. The molecule has 1 aromatic rings. The molecule has 0 atom stereocenters. The Morgan fingerprint density at radius 3 is 2.82 bits per heavy atom. The second kappa shape index (κ2) is 5.49. The van der Waals surface area contributed by atoms with Crippen LogP contribution in [0.5, 0.6) is 0 Å². The first-order valence-corrected chi connectivity index (χ1v) is 6.49. The van der Waals surface area contributed by atoms with E-state index >= 15 is 0 Å². The second-order valence-corrected chi connectivity index (χ2v) is 5.20. The van der Waals surface area contributed by atoms with Crippen molar-refractivity contribution in [1.82, 2.24) is 15.5 Å². The number of nitrogens with zero attached hydrogens (tertiary/aromatic N) is 2. The summed E-state index contributed by atoms with van der Waals surface area (Å²) < 4.78 is 5.50. The number of anilines is 1. The molecule has 0 saturated heterocycles. The number of hydrogen-bond donors (Lipinski definition) is 2. The predicted octanol–water partition coefficient (Wildman–Crippen LogP) is 2.17. The van der Waals surface area contributed by atoms with E-state index < -0.39 is 0 Å². The fourth-order valence-corrected chi connectivity index (χ4v) is 2.01. The van der Waals surface area contributed by atoms with Crippen LogP contribution in [0.25, 0.3) is 0 Å². The van der Waals surface area contributed by atoms with Crippen LogP contribution in [0.3, 0.4) is 0 Å². The van der Waals surface area contributed by atoms with E-state index in [0.29, 0.717) is 23.9 Å². The molecule has 1 heterocycles. The van der Waals surface area contributed by atoms with Crippen molar-refractivity contribution in [3.05, 3.63) is 5.89 Å². The fourth-order valence-electron chi connectivity index (χ4n) is 2.01. The molecule has 1 aliphatic rings. The van der Waals surface area contributed by atoms with E-state index in [0.717, 1.165) is 19.5 Å². The van der Waals surface area contributed by atoms with Crippen molar-refractivity contribution < 1.29 is 4.42 Å². The fraction of sp³-hybridized carbons (Fsp3) is 0.833. The Hall–Kier alpha value is -1.10. The zero-order valence-corrected chi connectivity index (χ0v) is 10.8. The standard InChI is InChI=1S/C12H22N4O/c1-3-7-13-8-10-15-16-11(17-10)14-9-12(2)5-4-6-12/h13H,3-9H2,1-2H3,(H,14,16). The van der Waals surface area contributed by atoms with Crippen LogP contribution < -0.4 is 10.6 Å². The third kappa shape index (κ3) is 3.43. The highest BCUT2D eigenvalue weighted by Gasteiger charge is 2.31. The average molecular weight is 238 g/mol. The Bertz CT molecular complexity index is 346. The average Bonchev–Trinajstić information content (AvgIpc) is 2.72. The zero-order valence-electron chi connectivity index (χ0n) is 10.8. The van der Waals surface area contributed by atoms with E-state index in [2.05, 4.69) is 34.7 Å². The molecule has 1 saturated carbocycles. The number of hydrogen-bond acceptors (Lipinski definition) is 5. The van der Waals surface area contributed by atoms with Gasteiger partial charge in [-0.2, -0.15) is 0 Å². The van der Waals surface area contributed by atoms with E-state index in [-0.39, 0.29) is 0 Å². The highest BCUT2D eigenvalue weighted by molar-refractivity contribution is 5.18. The number of rotatable bonds is 7. The van der Waals surface area contributed by atoms with Gasteiger partial charge in [-0.1, -0.05) is 25.4 Å². The van der Waals surface area contributed by atoms with E-state index in [1.165, 1.54) is 19.3 Å². The smallest absolute Gasteiger partial charge is 0.315 e. The van der Waals surface area contributed by atoms with Gasteiger partial charge in [-0.3, -0.25) is 0 Å². The zero-order chi connectivity index (χ0) is 12.1. The minimum atomic E-state index is 0.426. The van der Waals surface area contributed by atoms with Gasteiger partial charge in [0.25, 0.3) is 0 Å². The highest BCUT2D eigenvalue weighted by atomic mass is 16.4. The minimum absolute atomic E-state index is 0.426. The number of aromatic nitrogens is 2. The van der Waals surface area contributed by atoms with Crippen LogP contribution in [0, 0.1) is 5.41 Å². The maximum Gasteiger partial charge on any atom is 0.315 e. The summed E-state index contributed by atoms with van der Waals surface area (Å²) in [4.78, 5) is 0. The van der Waals surface area contributed by atoms with Crippen molar-refractivity contribution in [2.24, 2.45) is 5.41 Å². The summed E-state index contributed by atoms with van der Waals surface area (Å²) in [7, 11) is 0. The first-order valence-electron chi connectivity index (χ1n) is 6.49. The van der Waals surface area contributed by atoms with Crippen molar-refractivity contribution in [1.29, 1.82) is 0 Å². The van der Waals surface area contributed by atoms with Crippen LogP contribution in [0.4, 0.5) is 6.01 Å². The molecule has 96 valence electrons. The molecule has 17 heavy (non-hydrogen) atoms. The summed E-state index contributed by atoms with van der Waals surface area (Å²) in [5.41, 5.74) is 0.426. The molecule has 0 spiro atoms. The highest BCUT2D eigenvalue weighted by Crippen LogP contribution is 2.40. The predicted molar refractivity (Wildman–Crippen MR) is 66.7 cm³/mol. The summed E-state index contributed by atoms with van der Waals surface area (Å²) >= 11 is 0. The Morgan fingerprint density at radius 2 is 2.18 bits per heavy atom. The molecule has 2 N–H and O–H groups in total. The van der Waals surface area contributed by atoms with Gasteiger partial charge in [-0.25, -0.2) is 0 Å². The quantitative estimate of drug-likeness (QED) is 0.713. The molecule has 0 aromatic carbocycles. The largest absolute Gasteiger partial charge is 0.407 e. The van der Waals surface area contributed by atoms with Gasteiger partial charge in [-0.05, 0) is 31.2 Å². The summed E-state index contributed by atoms with van der Waals surface area (Å²) in [5, 5.41) is 14.4. The van der Waals surface area contributed by atoms with Crippen molar-refractivity contribution in [3.63, 3.8) is 0 Å². The van der Waals surface area contributed by atoms with Gasteiger partial charge >= 0.3 is 6.01 Å².